The van der Waals surface area contributed by atoms with E-state index in [0.29, 0.717) is 5.56 Å². The molecule has 0 aromatic carbocycles. The zero-order valence-electron chi connectivity index (χ0n) is 10.6. The number of carboxylic acids is 1. The van der Waals surface area contributed by atoms with Crippen LogP contribution in [0.15, 0.2) is 12.1 Å². The number of methoxy groups -OCH3 is 1. The fraction of sp³-hybridized carbons (Fsp3) is 0.417. The zero-order valence-corrected chi connectivity index (χ0v) is 10.6. The van der Waals surface area contributed by atoms with E-state index in [1.54, 1.807) is 19.1 Å². The molecule has 1 rings (SSSR count). The highest BCUT2D eigenvalue weighted by Gasteiger charge is 2.16. The van der Waals surface area contributed by atoms with Gasteiger partial charge in [0.15, 0.2) is 0 Å². The predicted molar refractivity (Wildman–Crippen MR) is 64.7 cm³/mol. The second-order valence-electron chi connectivity index (χ2n) is 3.96. The summed E-state index contributed by atoms with van der Waals surface area (Å²) >= 11 is 0. The number of carbonyl (C=O) groups is 2. The minimum atomic E-state index is -0.954. The zero-order chi connectivity index (χ0) is 13.7. The van der Waals surface area contributed by atoms with Crippen molar-refractivity contribution in [1.29, 1.82) is 0 Å². The number of rotatable bonds is 5. The van der Waals surface area contributed by atoms with E-state index in [9.17, 15) is 9.59 Å². The van der Waals surface area contributed by atoms with Crippen molar-refractivity contribution in [2.45, 2.75) is 13.8 Å². The summed E-state index contributed by atoms with van der Waals surface area (Å²) in [7, 11) is 1.43. The topological polar surface area (TPSA) is 88.5 Å². The van der Waals surface area contributed by atoms with Crippen molar-refractivity contribution >= 4 is 11.9 Å². The highest BCUT2D eigenvalue weighted by Crippen LogP contribution is 2.15. The third-order valence-corrected chi connectivity index (χ3v) is 2.43. The van der Waals surface area contributed by atoms with Gasteiger partial charge in [0.25, 0.3) is 5.91 Å². The highest BCUT2D eigenvalue weighted by atomic mass is 16.5. The van der Waals surface area contributed by atoms with E-state index in [-0.39, 0.29) is 12.4 Å². The lowest BCUT2D eigenvalue weighted by Gasteiger charge is -2.10. The largest absolute Gasteiger partial charge is 0.481 e. The third-order valence-electron chi connectivity index (χ3n) is 2.43. The molecule has 98 valence electrons. The van der Waals surface area contributed by atoms with Crippen molar-refractivity contribution in [2.75, 3.05) is 13.7 Å². The van der Waals surface area contributed by atoms with Gasteiger partial charge in [0.1, 0.15) is 5.56 Å². The Morgan fingerprint density at radius 1 is 1.50 bits per heavy atom. The molecular formula is C12H16N2O4. The van der Waals surface area contributed by atoms with Gasteiger partial charge in [0.05, 0.1) is 13.0 Å². The molecule has 1 heterocycles. The molecule has 1 aromatic heterocycles. The van der Waals surface area contributed by atoms with Crippen molar-refractivity contribution in [3.63, 3.8) is 0 Å². The van der Waals surface area contributed by atoms with E-state index in [0.717, 1.165) is 5.69 Å². The van der Waals surface area contributed by atoms with Crippen molar-refractivity contribution < 1.29 is 19.4 Å². The molecule has 18 heavy (non-hydrogen) atoms. The van der Waals surface area contributed by atoms with Crippen LogP contribution in [0.4, 0.5) is 0 Å². The molecule has 6 heteroatoms. The second kappa shape index (κ2) is 6.00. The number of amides is 1. The predicted octanol–water partition coefficient (Wildman–Crippen LogP) is 0.849. The first kappa shape index (κ1) is 14.0. The van der Waals surface area contributed by atoms with Crippen LogP contribution in [-0.4, -0.2) is 35.6 Å². The van der Waals surface area contributed by atoms with E-state index in [4.69, 9.17) is 9.84 Å². The lowest BCUT2D eigenvalue weighted by Crippen LogP contribution is -2.31. The first-order valence-electron chi connectivity index (χ1n) is 5.48. The first-order chi connectivity index (χ1) is 8.45. The number of hydrogen-bond donors (Lipinski definition) is 2. The van der Waals surface area contributed by atoms with E-state index in [2.05, 4.69) is 10.3 Å². The molecule has 0 saturated heterocycles. The standard InChI is InChI=1S/C12H16N2O4/c1-7(12(16)17)6-13-10(15)9-5-4-8(2)14-11(9)18-3/h4-5,7H,6H2,1-3H3,(H,13,15)(H,16,17). The Morgan fingerprint density at radius 3 is 2.72 bits per heavy atom. The average Bonchev–Trinajstić information content (AvgIpc) is 2.34. The molecule has 1 unspecified atom stereocenters. The number of hydrogen-bond acceptors (Lipinski definition) is 4. The van der Waals surface area contributed by atoms with Crippen LogP contribution in [0.5, 0.6) is 5.88 Å². The average molecular weight is 252 g/mol. The molecule has 2 N–H and O–H groups in total. The lowest BCUT2D eigenvalue weighted by atomic mass is 10.1. The third kappa shape index (κ3) is 3.44. The van der Waals surface area contributed by atoms with Gasteiger partial charge in [-0.3, -0.25) is 9.59 Å². The number of ether oxygens (including phenoxy) is 1. The molecule has 0 fully saturated rings. The monoisotopic (exact) mass is 252 g/mol. The summed E-state index contributed by atoms with van der Waals surface area (Å²) in [5.74, 6) is -1.76. The Bertz CT molecular complexity index is 459. The Balaban J connectivity index is 2.75. The molecule has 0 aliphatic heterocycles. The first-order valence-corrected chi connectivity index (χ1v) is 5.48. The summed E-state index contributed by atoms with van der Waals surface area (Å²) in [5, 5.41) is 11.2. The Labute approximate surface area is 105 Å². The number of aromatic nitrogens is 1. The van der Waals surface area contributed by atoms with Gasteiger partial charge in [0, 0.05) is 12.2 Å². The maximum absolute atomic E-state index is 11.8. The number of nitrogens with zero attached hydrogens (tertiary/aromatic N) is 1. The Morgan fingerprint density at radius 2 is 2.17 bits per heavy atom. The number of pyridine rings is 1. The van der Waals surface area contributed by atoms with Gasteiger partial charge in [-0.1, -0.05) is 6.92 Å². The molecule has 0 radical (unpaired) electrons. The summed E-state index contributed by atoms with van der Waals surface area (Å²) in [6.07, 6.45) is 0. The summed E-state index contributed by atoms with van der Waals surface area (Å²) in [5.41, 5.74) is 1.03. The van der Waals surface area contributed by atoms with E-state index in [1.807, 2.05) is 0 Å². The molecule has 1 amide bonds. The quantitative estimate of drug-likeness (QED) is 0.811. The van der Waals surface area contributed by atoms with Gasteiger partial charge in [-0.2, -0.15) is 0 Å². The van der Waals surface area contributed by atoms with Crippen LogP contribution >= 0.6 is 0 Å². The van der Waals surface area contributed by atoms with Gasteiger partial charge in [-0.05, 0) is 19.1 Å². The van der Waals surface area contributed by atoms with Crippen molar-refractivity contribution in [1.82, 2.24) is 10.3 Å². The molecule has 0 aliphatic rings. The van der Waals surface area contributed by atoms with Gasteiger partial charge in [-0.25, -0.2) is 4.98 Å². The van der Waals surface area contributed by atoms with Crippen LogP contribution in [0.2, 0.25) is 0 Å². The number of aryl methyl sites for hydroxylation is 1. The van der Waals surface area contributed by atoms with Crippen LogP contribution in [0, 0.1) is 12.8 Å². The smallest absolute Gasteiger partial charge is 0.308 e. The van der Waals surface area contributed by atoms with Crippen LogP contribution in [-0.2, 0) is 4.79 Å². The summed E-state index contributed by atoms with van der Waals surface area (Å²) in [6, 6.07) is 3.29. The van der Waals surface area contributed by atoms with Crippen LogP contribution < -0.4 is 10.1 Å². The van der Waals surface area contributed by atoms with Crippen LogP contribution in [0.3, 0.4) is 0 Å². The van der Waals surface area contributed by atoms with Gasteiger partial charge >= 0.3 is 5.97 Å². The Hall–Kier alpha value is -2.11. The minimum absolute atomic E-state index is 0.0607. The SMILES string of the molecule is COc1nc(C)ccc1C(=O)NCC(C)C(=O)O. The van der Waals surface area contributed by atoms with Crippen LogP contribution in [0.25, 0.3) is 0 Å². The van der Waals surface area contributed by atoms with Crippen molar-refractivity contribution in [2.24, 2.45) is 5.92 Å². The second-order valence-corrected chi connectivity index (χ2v) is 3.96. The molecule has 1 atom stereocenters. The number of carbonyl (C=O) groups excluding carboxylic acids is 1. The maximum Gasteiger partial charge on any atom is 0.308 e. The molecule has 1 aromatic rings. The molecule has 0 spiro atoms. The van der Waals surface area contributed by atoms with E-state index >= 15 is 0 Å². The minimum Gasteiger partial charge on any atom is -0.481 e. The highest BCUT2D eigenvalue weighted by molar-refractivity contribution is 5.96. The molecule has 0 bridgehead atoms. The van der Waals surface area contributed by atoms with Crippen molar-refractivity contribution in [3.05, 3.63) is 23.4 Å². The van der Waals surface area contributed by atoms with E-state index in [1.165, 1.54) is 14.0 Å². The number of nitrogens with one attached hydrogen (secondary N) is 1. The van der Waals surface area contributed by atoms with Gasteiger partial charge in [0.2, 0.25) is 5.88 Å². The summed E-state index contributed by atoms with van der Waals surface area (Å²) in [4.78, 5) is 26.5. The fourth-order valence-electron chi connectivity index (χ4n) is 1.29. The van der Waals surface area contributed by atoms with Gasteiger partial charge in [-0.15, -0.1) is 0 Å². The fourth-order valence-corrected chi connectivity index (χ4v) is 1.29. The Kier molecular flexibility index (Phi) is 4.65. The molecule has 6 nitrogen and oxygen atoms in total. The summed E-state index contributed by atoms with van der Waals surface area (Å²) in [6.45, 7) is 3.37. The van der Waals surface area contributed by atoms with Gasteiger partial charge < -0.3 is 15.2 Å². The molecule has 0 saturated carbocycles. The number of aliphatic carboxylic acids is 1. The maximum atomic E-state index is 11.8. The lowest BCUT2D eigenvalue weighted by molar-refractivity contribution is -0.140. The normalized spacial score (nSPS) is 11.7. The molecule has 0 aliphatic carbocycles. The van der Waals surface area contributed by atoms with E-state index < -0.39 is 17.8 Å². The molecular weight excluding hydrogens is 236 g/mol. The summed E-state index contributed by atoms with van der Waals surface area (Å²) < 4.78 is 5.01. The number of carboxylic acid groups (broad SMARTS) is 1. The van der Waals surface area contributed by atoms with Crippen molar-refractivity contribution in [3.8, 4) is 5.88 Å². The van der Waals surface area contributed by atoms with Crippen LogP contribution in [0.1, 0.15) is 23.0 Å².